The van der Waals surface area contributed by atoms with Crippen LogP contribution in [-0.4, -0.2) is 56.3 Å². The lowest BCUT2D eigenvalue weighted by atomic mass is 10.5. The van der Waals surface area contributed by atoms with Crippen molar-refractivity contribution >= 4 is 11.5 Å². The van der Waals surface area contributed by atoms with Crippen LogP contribution < -0.4 is 5.43 Å². The SMILES string of the molecule is c1ncc2nnnn2c1NN1CCOCC1. The zero-order chi connectivity index (χ0) is 10.8. The highest BCUT2D eigenvalue weighted by molar-refractivity contribution is 5.42. The van der Waals surface area contributed by atoms with Crippen molar-refractivity contribution in [3.63, 3.8) is 0 Å². The zero-order valence-electron chi connectivity index (χ0n) is 8.57. The highest BCUT2D eigenvalue weighted by Gasteiger charge is 2.12. The van der Waals surface area contributed by atoms with E-state index in [0.29, 0.717) is 5.65 Å². The van der Waals surface area contributed by atoms with Gasteiger partial charge in [0.2, 0.25) is 0 Å². The Kier molecular flexibility index (Phi) is 2.35. The number of rotatable bonds is 2. The van der Waals surface area contributed by atoms with E-state index >= 15 is 0 Å². The van der Waals surface area contributed by atoms with Crippen LogP contribution >= 0.6 is 0 Å². The first kappa shape index (κ1) is 9.43. The third kappa shape index (κ3) is 1.68. The largest absolute Gasteiger partial charge is 0.379 e. The molecule has 1 saturated heterocycles. The van der Waals surface area contributed by atoms with Crippen LogP contribution in [0.1, 0.15) is 0 Å². The van der Waals surface area contributed by atoms with Gasteiger partial charge >= 0.3 is 0 Å². The second-order valence-electron chi connectivity index (χ2n) is 3.45. The molecule has 0 atom stereocenters. The molecule has 2 aromatic rings. The highest BCUT2D eigenvalue weighted by Crippen LogP contribution is 2.08. The number of tetrazole rings is 1. The summed E-state index contributed by atoms with van der Waals surface area (Å²) in [4.78, 5) is 4.07. The van der Waals surface area contributed by atoms with Gasteiger partial charge in [-0.05, 0) is 10.4 Å². The molecule has 3 heterocycles. The number of aromatic nitrogens is 5. The van der Waals surface area contributed by atoms with Crippen LogP contribution in [0.3, 0.4) is 0 Å². The molecule has 1 aliphatic rings. The molecule has 0 radical (unpaired) electrons. The van der Waals surface area contributed by atoms with E-state index in [9.17, 15) is 0 Å². The molecule has 0 unspecified atom stereocenters. The van der Waals surface area contributed by atoms with Gasteiger partial charge in [-0.15, -0.1) is 5.10 Å². The summed E-state index contributed by atoms with van der Waals surface area (Å²) in [7, 11) is 0. The van der Waals surface area contributed by atoms with Crippen molar-refractivity contribution in [3.05, 3.63) is 12.4 Å². The number of hydrogen-bond donors (Lipinski definition) is 1. The molecule has 0 spiro atoms. The number of hydrazine groups is 1. The van der Waals surface area contributed by atoms with Gasteiger partial charge in [-0.3, -0.25) is 4.98 Å². The number of ether oxygens (including phenoxy) is 1. The molecule has 2 aromatic heterocycles. The summed E-state index contributed by atoms with van der Waals surface area (Å²) in [6.45, 7) is 3.12. The minimum Gasteiger partial charge on any atom is -0.379 e. The first-order chi connectivity index (χ1) is 7.93. The van der Waals surface area contributed by atoms with E-state index in [0.717, 1.165) is 32.1 Å². The number of nitrogens with one attached hydrogen (secondary N) is 1. The predicted octanol–water partition coefficient (Wildman–Crippen LogP) is -0.822. The fraction of sp³-hybridized carbons (Fsp3) is 0.500. The lowest BCUT2D eigenvalue weighted by Gasteiger charge is -2.27. The van der Waals surface area contributed by atoms with Gasteiger partial charge in [-0.2, -0.15) is 4.52 Å². The van der Waals surface area contributed by atoms with Gasteiger partial charge in [0, 0.05) is 13.1 Å². The quantitative estimate of drug-likeness (QED) is 0.709. The summed E-state index contributed by atoms with van der Waals surface area (Å²) in [5, 5.41) is 13.4. The maximum Gasteiger partial charge on any atom is 0.199 e. The Morgan fingerprint density at radius 1 is 1.25 bits per heavy atom. The molecule has 1 aliphatic heterocycles. The van der Waals surface area contributed by atoms with Crippen LogP contribution in [0.15, 0.2) is 12.4 Å². The third-order valence-electron chi connectivity index (χ3n) is 2.39. The molecule has 8 heteroatoms. The topological polar surface area (TPSA) is 80.5 Å². The second kappa shape index (κ2) is 3.99. The Morgan fingerprint density at radius 2 is 2.12 bits per heavy atom. The van der Waals surface area contributed by atoms with E-state index in [2.05, 4.69) is 30.9 Å². The molecular formula is C8H11N7O. The highest BCUT2D eigenvalue weighted by atomic mass is 16.5. The molecule has 3 rings (SSSR count). The summed E-state index contributed by atoms with van der Waals surface area (Å²) in [6.07, 6.45) is 3.31. The first-order valence-electron chi connectivity index (χ1n) is 5.05. The Hall–Kier alpha value is -1.80. The molecule has 1 fully saturated rings. The molecular weight excluding hydrogens is 210 g/mol. The van der Waals surface area contributed by atoms with Crippen LogP contribution in [-0.2, 0) is 4.74 Å². The van der Waals surface area contributed by atoms with E-state index in [1.54, 1.807) is 16.9 Å². The van der Waals surface area contributed by atoms with Crippen molar-refractivity contribution in [2.24, 2.45) is 0 Å². The predicted molar refractivity (Wildman–Crippen MR) is 54.6 cm³/mol. The van der Waals surface area contributed by atoms with E-state index in [1.807, 2.05) is 0 Å². The molecule has 0 bridgehead atoms. The smallest absolute Gasteiger partial charge is 0.199 e. The number of fused-ring (bicyclic) bond motifs is 1. The fourth-order valence-corrected chi connectivity index (χ4v) is 1.59. The lowest BCUT2D eigenvalue weighted by Crippen LogP contribution is -2.40. The molecule has 84 valence electrons. The van der Waals surface area contributed by atoms with E-state index in [4.69, 9.17) is 4.74 Å². The van der Waals surface area contributed by atoms with Crippen molar-refractivity contribution in [2.45, 2.75) is 0 Å². The number of hydrogen-bond acceptors (Lipinski definition) is 7. The Morgan fingerprint density at radius 3 is 3.00 bits per heavy atom. The summed E-state index contributed by atoms with van der Waals surface area (Å²) < 4.78 is 6.88. The molecule has 1 N–H and O–H groups in total. The second-order valence-corrected chi connectivity index (χ2v) is 3.45. The molecule has 0 amide bonds. The van der Waals surface area contributed by atoms with E-state index in [1.165, 1.54) is 0 Å². The van der Waals surface area contributed by atoms with Gasteiger partial charge in [0.1, 0.15) is 0 Å². The molecule has 8 nitrogen and oxygen atoms in total. The normalized spacial score (nSPS) is 17.8. The monoisotopic (exact) mass is 221 g/mol. The van der Waals surface area contributed by atoms with Crippen LogP contribution in [0.2, 0.25) is 0 Å². The van der Waals surface area contributed by atoms with Crippen molar-refractivity contribution in [3.8, 4) is 0 Å². The van der Waals surface area contributed by atoms with Gasteiger partial charge in [0.05, 0.1) is 25.6 Å². The Bertz CT molecular complexity index is 478. The van der Waals surface area contributed by atoms with Crippen molar-refractivity contribution in [1.29, 1.82) is 0 Å². The van der Waals surface area contributed by atoms with Gasteiger partial charge < -0.3 is 10.2 Å². The van der Waals surface area contributed by atoms with Gasteiger partial charge in [-0.25, -0.2) is 5.01 Å². The Balaban J connectivity index is 1.85. The van der Waals surface area contributed by atoms with Crippen LogP contribution in [0.4, 0.5) is 5.82 Å². The van der Waals surface area contributed by atoms with Gasteiger partial charge in [-0.1, -0.05) is 0 Å². The van der Waals surface area contributed by atoms with Crippen molar-refractivity contribution in [1.82, 2.24) is 30.0 Å². The molecule has 0 aromatic carbocycles. The van der Waals surface area contributed by atoms with Crippen molar-refractivity contribution in [2.75, 3.05) is 31.7 Å². The Labute approximate surface area is 91.2 Å². The van der Waals surface area contributed by atoms with Crippen molar-refractivity contribution < 1.29 is 4.74 Å². The minimum absolute atomic E-state index is 0.623. The number of anilines is 1. The molecule has 16 heavy (non-hydrogen) atoms. The van der Waals surface area contributed by atoms with Crippen LogP contribution in [0.25, 0.3) is 5.65 Å². The lowest BCUT2D eigenvalue weighted by molar-refractivity contribution is 0.0493. The van der Waals surface area contributed by atoms with Gasteiger partial charge in [0.15, 0.2) is 11.5 Å². The average Bonchev–Trinajstić information content (AvgIpc) is 2.80. The standard InChI is InChI=1S/C8H11N7O/c1-3-16-4-2-14(1)11-8-6-9-5-7-10-12-13-15(7)8/h5-6,11H,1-4H2. The summed E-state index contributed by atoms with van der Waals surface area (Å²) in [5.41, 5.74) is 3.84. The summed E-state index contributed by atoms with van der Waals surface area (Å²) in [5.74, 6) is 0.754. The number of nitrogens with zero attached hydrogens (tertiary/aromatic N) is 6. The van der Waals surface area contributed by atoms with E-state index in [-0.39, 0.29) is 0 Å². The maximum absolute atomic E-state index is 5.27. The van der Waals surface area contributed by atoms with Crippen LogP contribution in [0.5, 0.6) is 0 Å². The third-order valence-corrected chi connectivity index (χ3v) is 2.39. The molecule has 0 saturated carbocycles. The zero-order valence-corrected chi connectivity index (χ0v) is 8.57. The molecule has 0 aliphatic carbocycles. The number of morpholine rings is 1. The maximum atomic E-state index is 5.27. The summed E-state index contributed by atoms with van der Waals surface area (Å²) in [6, 6.07) is 0. The fourth-order valence-electron chi connectivity index (χ4n) is 1.59. The minimum atomic E-state index is 0.623. The van der Waals surface area contributed by atoms with Crippen LogP contribution in [0, 0.1) is 0 Å². The summed E-state index contributed by atoms with van der Waals surface area (Å²) >= 11 is 0. The average molecular weight is 221 g/mol. The first-order valence-corrected chi connectivity index (χ1v) is 5.05. The van der Waals surface area contributed by atoms with Gasteiger partial charge in [0.25, 0.3) is 0 Å². The van der Waals surface area contributed by atoms with E-state index < -0.39 is 0 Å².